The van der Waals surface area contributed by atoms with Gasteiger partial charge in [-0.15, -0.1) is 22.9 Å². The zero-order valence-electron chi connectivity index (χ0n) is 13.4. The van der Waals surface area contributed by atoms with Crippen LogP contribution in [0.1, 0.15) is 39.2 Å². The van der Waals surface area contributed by atoms with Crippen LogP contribution < -0.4 is 10.6 Å². The van der Waals surface area contributed by atoms with E-state index in [2.05, 4.69) is 10.6 Å². The highest BCUT2D eigenvalue weighted by Crippen LogP contribution is 2.38. The van der Waals surface area contributed by atoms with E-state index in [4.69, 9.17) is 11.6 Å². The number of fused-ring (bicyclic) bond motifs is 1. The monoisotopic (exact) mass is 362 g/mol. The number of carbonyl (C=O) groups is 2. The van der Waals surface area contributed by atoms with Gasteiger partial charge in [-0.1, -0.05) is 18.2 Å². The molecule has 1 aliphatic carbocycles. The summed E-state index contributed by atoms with van der Waals surface area (Å²) in [7, 11) is 0. The molecule has 24 heavy (non-hydrogen) atoms. The topological polar surface area (TPSA) is 58.2 Å². The Bertz CT molecular complexity index is 785. The average molecular weight is 363 g/mol. The van der Waals surface area contributed by atoms with Crippen molar-refractivity contribution in [2.24, 2.45) is 0 Å². The first-order valence-electron chi connectivity index (χ1n) is 7.97. The van der Waals surface area contributed by atoms with Crippen molar-refractivity contribution in [2.75, 3.05) is 16.5 Å². The van der Waals surface area contributed by atoms with E-state index in [9.17, 15) is 9.59 Å². The number of alkyl halides is 1. The number of nitrogens with one attached hydrogen (secondary N) is 2. The predicted octanol–water partition coefficient (Wildman–Crippen LogP) is 4.36. The van der Waals surface area contributed by atoms with Crippen LogP contribution in [0.4, 0.5) is 10.7 Å². The number of benzene rings is 1. The third-order valence-electron chi connectivity index (χ3n) is 4.17. The molecule has 0 spiro atoms. The largest absolute Gasteiger partial charge is 0.322 e. The van der Waals surface area contributed by atoms with Crippen LogP contribution in [0, 0.1) is 6.92 Å². The molecule has 4 nitrogen and oxygen atoms in total. The maximum Gasteiger partial charge on any atom is 0.258 e. The number of hydrogen-bond donors (Lipinski definition) is 2. The number of para-hydroxylation sites is 1. The Morgan fingerprint density at radius 2 is 1.92 bits per heavy atom. The van der Waals surface area contributed by atoms with E-state index in [0.29, 0.717) is 10.6 Å². The van der Waals surface area contributed by atoms with Gasteiger partial charge < -0.3 is 10.6 Å². The van der Waals surface area contributed by atoms with Gasteiger partial charge in [0.25, 0.3) is 5.91 Å². The molecule has 1 aliphatic rings. The van der Waals surface area contributed by atoms with Crippen molar-refractivity contribution in [3.05, 3.63) is 45.8 Å². The van der Waals surface area contributed by atoms with Gasteiger partial charge in [-0.25, -0.2) is 0 Å². The van der Waals surface area contributed by atoms with Gasteiger partial charge in [0, 0.05) is 10.6 Å². The molecule has 1 aromatic carbocycles. The van der Waals surface area contributed by atoms with Crippen molar-refractivity contribution in [3.63, 3.8) is 0 Å². The second-order valence-electron chi connectivity index (χ2n) is 5.87. The van der Waals surface area contributed by atoms with Gasteiger partial charge in [-0.05, 0) is 49.8 Å². The van der Waals surface area contributed by atoms with Crippen LogP contribution in [-0.4, -0.2) is 17.7 Å². The van der Waals surface area contributed by atoms with Gasteiger partial charge in [0.2, 0.25) is 5.91 Å². The Morgan fingerprint density at radius 1 is 1.17 bits per heavy atom. The molecule has 1 heterocycles. The highest BCUT2D eigenvalue weighted by molar-refractivity contribution is 7.17. The van der Waals surface area contributed by atoms with Crippen molar-refractivity contribution >= 4 is 45.4 Å². The number of anilines is 2. The Labute approximate surface area is 150 Å². The Hall–Kier alpha value is -1.85. The number of hydrogen-bond acceptors (Lipinski definition) is 3. The molecule has 3 rings (SSSR count). The molecule has 126 valence electrons. The molecule has 0 fully saturated rings. The molecule has 0 aliphatic heterocycles. The molecule has 2 N–H and O–H groups in total. The van der Waals surface area contributed by atoms with Crippen molar-refractivity contribution in [2.45, 2.75) is 32.6 Å². The Morgan fingerprint density at radius 3 is 2.67 bits per heavy atom. The van der Waals surface area contributed by atoms with Gasteiger partial charge in [0.05, 0.1) is 5.56 Å². The Balaban J connectivity index is 1.95. The summed E-state index contributed by atoms with van der Waals surface area (Å²) in [5, 5.41) is 6.37. The molecule has 0 bridgehead atoms. The second kappa shape index (κ2) is 7.36. The zero-order valence-corrected chi connectivity index (χ0v) is 15.0. The molecular weight excluding hydrogens is 344 g/mol. The summed E-state index contributed by atoms with van der Waals surface area (Å²) in [5.41, 5.74) is 3.45. The summed E-state index contributed by atoms with van der Waals surface area (Å²) in [5.74, 6) is -0.588. The van der Waals surface area contributed by atoms with Crippen LogP contribution >= 0.6 is 22.9 Å². The van der Waals surface area contributed by atoms with Crippen molar-refractivity contribution < 1.29 is 9.59 Å². The van der Waals surface area contributed by atoms with Crippen molar-refractivity contribution in [1.29, 1.82) is 0 Å². The van der Waals surface area contributed by atoms with Crippen LogP contribution in [0.25, 0.3) is 0 Å². The minimum atomic E-state index is -0.291. The third kappa shape index (κ3) is 3.47. The van der Waals surface area contributed by atoms with E-state index < -0.39 is 0 Å². The van der Waals surface area contributed by atoms with E-state index in [1.165, 1.54) is 16.2 Å². The lowest BCUT2D eigenvalue weighted by atomic mass is 9.95. The minimum Gasteiger partial charge on any atom is -0.322 e. The molecule has 1 aromatic heterocycles. The zero-order chi connectivity index (χ0) is 17.1. The number of amides is 2. The van der Waals surface area contributed by atoms with Crippen molar-refractivity contribution in [3.8, 4) is 0 Å². The number of rotatable bonds is 4. The van der Waals surface area contributed by atoms with E-state index in [1.807, 2.05) is 31.2 Å². The fourth-order valence-corrected chi connectivity index (χ4v) is 4.32. The normalized spacial score (nSPS) is 13.2. The number of thiophene rings is 1. The second-order valence-corrected chi connectivity index (χ2v) is 7.24. The molecule has 0 saturated carbocycles. The van der Waals surface area contributed by atoms with Gasteiger partial charge in [-0.2, -0.15) is 0 Å². The van der Waals surface area contributed by atoms with Crippen molar-refractivity contribution in [1.82, 2.24) is 0 Å². The van der Waals surface area contributed by atoms with Gasteiger partial charge in [0.15, 0.2) is 0 Å². The molecule has 0 saturated heterocycles. The number of aryl methyl sites for hydroxylation is 2. The summed E-state index contributed by atoms with van der Waals surface area (Å²) >= 11 is 7.10. The maximum absolute atomic E-state index is 12.9. The lowest BCUT2D eigenvalue weighted by Crippen LogP contribution is -2.19. The molecule has 2 aromatic rings. The predicted molar refractivity (Wildman–Crippen MR) is 99.4 cm³/mol. The average Bonchev–Trinajstić information content (AvgIpc) is 2.94. The maximum atomic E-state index is 12.9. The lowest BCUT2D eigenvalue weighted by Gasteiger charge is -2.14. The first-order valence-corrected chi connectivity index (χ1v) is 9.32. The molecule has 2 amide bonds. The first-order chi connectivity index (χ1) is 11.6. The highest BCUT2D eigenvalue weighted by Gasteiger charge is 2.26. The fraction of sp³-hybridized carbons (Fsp3) is 0.333. The standard InChI is InChI=1S/C18H19ClN2O2S/c1-11-6-2-4-8-13(11)20-17(23)16-12-7-3-5-9-14(12)24-18(16)21-15(22)10-19/h2,4,6,8H,3,5,7,9-10H2,1H3,(H,20,23)(H,21,22). The van der Waals surface area contributed by atoms with Crippen LogP contribution in [0.3, 0.4) is 0 Å². The fourth-order valence-electron chi connectivity index (χ4n) is 2.95. The number of halogens is 1. The summed E-state index contributed by atoms with van der Waals surface area (Å²) in [6, 6.07) is 7.66. The van der Waals surface area contributed by atoms with Crippen LogP contribution in [0.5, 0.6) is 0 Å². The van der Waals surface area contributed by atoms with E-state index >= 15 is 0 Å². The molecular formula is C18H19ClN2O2S. The summed E-state index contributed by atoms with van der Waals surface area (Å²) in [6.45, 7) is 1.95. The van der Waals surface area contributed by atoms with Crippen LogP contribution in [0.2, 0.25) is 0 Å². The lowest BCUT2D eigenvalue weighted by molar-refractivity contribution is -0.113. The molecule has 6 heteroatoms. The smallest absolute Gasteiger partial charge is 0.258 e. The summed E-state index contributed by atoms with van der Waals surface area (Å²) in [6.07, 6.45) is 4.02. The molecule has 0 unspecified atom stereocenters. The quantitative estimate of drug-likeness (QED) is 0.793. The first kappa shape index (κ1) is 17.0. The van der Waals surface area contributed by atoms with Gasteiger partial charge in [0.1, 0.15) is 10.9 Å². The molecule has 0 radical (unpaired) electrons. The van der Waals surface area contributed by atoms with Gasteiger partial charge in [-0.3, -0.25) is 9.59 Å². The SMILES string of the molecule is Cc1ccccc1NC(=O)c1c(NC(=O)CCl)sc2c1CCCC2. The highest BCUT2D eigenvalue weighted by atomic mass is 35.5. The van der Waals surface area contributed by atoms with Gasteiger partial charge >= 0.3 is 0 Å². The number of carbonyl (C=O) groups excluding carboxylic acids is 2. The van der Waals surface area contributed by atoms with Crippen LogP contribution in [0.15, 0.2) is 24.3 Å². The summed E-state index contributed by atoms with van der Waals surface area (Å²) in [4.78, 5) is 25.8. The van der Waals surface area contributed by atoms with E-state index in [0.717, 1.165) is 42.5 Å². The third-order valence-corrected chi connectivity index (χ3v) is 5.62. The molecule has 0 atom stereocenters. The summed E-state index contributed by atoms with van der Waals surface area (Å²) < 4.78 is 0. The van der Waals surface area contributed by atoms with Crippen LogP contribution in [-0.2, 0) is 17.6 Å². The Kier molecular flexibility index (Phi) is 5.21. The minimum absolute atomic E-state index is 0.124. The van der Waals surface area contributed by atoms with E-state index in [1.54, 1.807) is 0 Å². The van der Waals surface area contributed by atoms with E-state index in [-0.39, 0.29) is 17.7 Å².